The Morgan fingerprint density at radius 2 is 1.90 bits per heavy atom. The van der Waals surface area contributed by atoms with E-state index >= 15 is 0 Å². The van der Waals surface area contributed by atoms with Gasteiger partial charge in [-0.15, -0.1) is 0 Å². The molecule has 0 saturated heterocycles. The smallest absolute Gasteiger partial charge is 0.165 e. The zero-order valence-corrected chi connectivity index (χ0v) is 13.0. The van der Waals surface area contributed by atoms with E-state index in [1.807, 2.05) is 18.2 Å². The lowest BCUT2D eigenvalue weighted by molar-refractivity contribution is 0.101. The van der Waals surface area contributed by atoms with Crippen LogP contribution in [0.1, 0.15) is 49.9 Å². The molecule has 0 unspecified atom stereocenters. The quantitative estimate of drug-likeness (QED) is 0.780. The van der Waals surface area contributed by atoms with E-state index in [0.717, 1.165) is 11.6 Å². The lowest BCUT2D eigenvalue weighted by Crippen LogP contribution is -2.35. The van der Waals surface area contributed by atoms with E-state index in [2.05, 4.69) is 18.9 Å². The second-order valence-electron chi connectivity index (χ2n) is 5.94. The second-order valence-corrected chi connectivity index (χ2v) is 5.94. The van der Waals surface area contributed by atoms with Crippen LogP contribution in [0.5, 0.6) is 5.75 Å². The van der Waals surface area contributed by atoms with Crippen LogP contribution in [0, 0.1) is 5.92 Å². The van der Waals surface area contributed by atoms with Crippen LogP contribution in [-0.2, 0) is 0 Å². The zero-order chi connectivity index (χ0) is 14.7. The summed E-state index contributed by atoms with van der Waals surface area (Å²) in [5.41, 5.74) is 1.70. The van der Waals surface area contributed by atoms with Crippen LogP contribution in [0.4, 0.5) is 5.69 Å². The van der Waals surface area contributed by atoms with Gasteiger partial charge in [0.25, 0.3) is 0 Å². The third-order valence-electron chi connectivity index (χ3n) is 4.49. The minimum atomic E-state index is 0.0634. The van der Waals surface area contributed by atoms with Crippen LogP contribution >= 0.6 is 0 Å². The van der Waals surface area contributed by atoms with Crippen LogP contribution in [0.25, 0.3) is 0 Å². The Kier molecular flexibility index (Phi) is 4.69. The van der Waals surface area contributed by atoms with Crippen molar-refractivity contribution in [1.82, 2.24) is 0 Å². The molecular formula is C17H25NO2. The number of Topliss-reactive ketones (excluding diaryl/α,β-unsaturated/α-hetero) is 1. The Labute approximate surface area is 121 Å². The van der Waals surface area contributed by atoms with Gasteiger partial charge in [0, 0.05) is 13.1 Å². The predicted molar refractivity (Wildman–Crippen MR) is 82.8 cm³/mol. The van der Waals surface area contributed by atoms with E-state index in [1.54, 1.807) is 14.0 Å². The van der Waals surface area contributed by atoms with E-state index < -0.39 is 0 Å². The molecule has 3 nitrogen and oxygen atoms in total. The Bertz CT molecular complexity index is 476. The van der Waals surface area contributed by atoms with Gasteiger partial charge in [-0.2, -0.15) is 0 Å². The molecule has 0 radical (unpaired) electrons. The van der Waals surface area contributed by atoms with Crippen molar-refractivity contribution in [3.63, 3.8) is 0 Å². The summed E-state index contributed by atoms with van der Waals surface area (Å²) < 4.78 is 5.35. The summed E-state index contributed by atoms with van der Waals surface area (Å²) in [5, 5.41) is 0. The molecule has 20 heavy (non-hydrogen) atoms. The number of rotatable bonds is 4. The van der Waals surface area contributed by atoms with Gasteiger partial charge in [-0.1, -0.05) is 13.0 Å². The minimum Gasteiger partial charge on any atom is -0.496 e. The second kappa shape index (κ2) is 6.29. The summed E-state index contributed by atoms with van der Waals surface area (Å²) >= 11 is 0. The minimum absolute atomic E-state index is 0.0634. The number of anilines is 1. The van der Waals surface area contributed by atoms with Crippen LogP contribution in [0.15, 0.2) is 18.2 Å². The summed E-state index contributed by atoms with van der Waals surface area (Å²) in [4.78, 5) is 14.2. The number of hydrogen-bond donors (Lipinski definition) is 0. The predicted octanol–water partition coefficient (Wildman–Crippen LogP) is 3.91. The molecule has 1 aromatic rings. The van der Waals surface area contributed by atoms with Gasteiger partial charge in [-0.05, 0) is 50.7 Å². The summed E-state index contributed by atoms with van der Waals surface area (Å²) in [6.07, 6.45) is 4.95. The Balaban J connectivity index is 2.29. The zero-order valence-electron chi connectivity index (χ0n) is 13.0. The maximum absolute atomic E-state index is 12.0. The fourth-order valence-electron chi connectivity index (χ4n) is 3.16. The number of carbonyl (C=O) groups excluding carboxylic acids is 1. The van der Waals surface area contributed by atoms with E-state index in [1.165, 1.54) is 25.7 Å². The highest BCUT2D eigenvalue weighted by Crippen LogP contribution is 2.34. The van der Waals surface area contributed by atoms with Gasteiger partial charge < -0.3 is 9.64 Å². The molecule has 0 amide bonds. The number of benzene rings is 1. The molecule has 3 heteroatoms. The highest BCUT2D eigenvalue weighted by molar-refractivity contribution is 6.02. The van der Waals surface area contributed by atoms with Crippen molar-refractivity contribution in [3.8, 4) is 5.75 Å². The summed E-state index contributed by atoms with van der Waals surface area (Å²) in [5.74, 6) is 1.57. The van der Waals surface area contributed by atoms with Crippen molar-refractivity contribution >= 4 is 11.5 Å². The summed E-state index contributed by atoms with van der Waals surface area (Å²) in [7, 11) is 3.72. The lowest BCUT2D eigenvalue weighted by Gasteiger charge is -2.36. The van der Waals surface area contributed by atoms with Crippen LogP contribution < -0.4 is 9.64 Å². The Morgan fingerprint density at radius 1 is 1.25 bits per heavy atom. The number of ketones is 1. The Hall–Kier alpha value is -1.51. The van der Waals surface area contributed by atoms with Crippen LogP contribution in [0.3, 0.4) is 0 Å². The number of carbonyl (C=O) groups is 1. The van der Waals surface area contributed by atoms with Crippen molar-refractivity contribution in [2.45, 2.75) is 45.6 Å². The highest BCUT2D eigenvalue weighted by Gasteiger charge is 2.25. The summed E-state index contributed by atoms with van der Waals surface area (Å²) in [6, 6.07) is 6.37. The molecule has 0 atom stereocenters. The molecule has 1 aliphatic carbocycles. The maximum atomic E-state index is 12.0. The molecule has 1 aromatic carbocycles. The van der Waals surface area contributed by atoms with Crippen molar-refractivity contribution in [1.29, 1.82) is 0 Å². The number of methoxy groups -OCH3 is 1. The first kappa shape index (κ1) is 14.9. The van der Waals surface area contributed by atoms with Gasteiger partial charge >= 0.3 is 0 Å². The standard InChI is InChI=1S/C17H25NO2/c1-12-8-10-14(11-9-12)18(3)15-6-5-7-16(20-4)17(15)13(2)19/h5-7,12,14H,8-11H2,1-4H3. The van der Waals surface area contributed by atoms with E-state index in [9.17, 15) is 4.79 Å². The third-order valence-corrected chi connectivity index (χ3v) is 4.49. The highest BCUT2D eigenvalue weighted by atomic mass is 16.5. The molecule has 0 bridgehead atoms. The van der Waals surface area contributed by atoms with E-state index in [-0.39, 0.29) is 5.78 Å². The average molecular weight is 275 g/mol. The molecule has 1 aliphatic rings. The van der Waals surface area contributed by atoms with Crippen LogP contribution in [0.2, 0.25) is 0 Å². The molecule has 110 valence electrons. The van der Waals surface area contributed by atoms with Gasteiger partial charge in [-0.25, -0.2) is 0 Å². The van der Waals surface area contributed by atoms with Gasteiger partial charge in [0.1, 0.15) is 5.75 Å². The largest absolute Gasteiger partial charge is 0.496 e. The van der Waals surface area contributed by atoms with Crippen molar-refractivity contribution in [2.24, 2.45) is 5.92 Å². The number of ether oxygens (including phenoxy) is 1. The van der Waals surface area contributed by atoms with E-state index in [0.29, 0.717) is 17.4 Å². The first-order valence-corrected chi connectivity index (χ1v) is 7.45. The SMILES string of the molecule is COc1cccc(N(C)C2CCC(C)CC2)c1C(C)=O. The molecule has 0 aliphatic heterocycles. The monoisotopic (exact) mass is 275 g/mol. The topological polar surface area (TPSA) is 29.5 Å². The first-order valence-electron chi connectivity index (χ1n) is 7.45. The fourth-order valence-corrected chi connectivity index (χ4v) is 3.16. The fraction of sp³-hybridized carbons (Fsp3) is 0.588. The van der Waals surface area contributed by atoms with Crippen LogP contribution in [-0.4, -0.2) is 26.0 Å². The third kappa shape index (κ3) is 2.97. The number of nitrogens with zero attached hydrogens (tertiary/aromatic N) is 1. The van der Waals surface area contributed by atoms with Gasteiger partial charge in [0.05, 0.1) is 18.4 Å². The Morgan fingerprint density at radius 3 is 2.45 bits per heavy atom. The lowest BCUT2D eigenvalue weighted by atomic mass is 9.86. The van der Waals surface area contributed by atoms with E-state index in [4.69, 9.17) is 4.74 Å². The maximum Gasteiger partial charge on any atom is 0.165 e. The molecular weight excluding hydrogens is 250 g/mol. The van der Waals surface area contributed by atoms with Gasteiger partial charge in [0.2, 0.25) is 0 Å². The molecule has 0 aromatic heterocycles. The summed E-state index contributed by atoms with van der Waals surface area (Å²) in [6.45, 7) is 3.93. The van der Waals surface area contributed by atoms with Gasteiger partial charge in [0.15, 0.2) is 5.78 Å². The molecule has 2 rings (SSSR count). The average Bonchev–Trinajstić information content (AvgIpc) is 2.46. The normalized spacial score (nSPS) is 22.4. The first-order chi connectivity index (χ1) is 9.54. The molecule has 0 heterocycles. The molecule has 1 saturated carbocycles. The van der Waals surface area contributed by atoms with Crippen molar-refractivity contribution in [2.75, 3.05) is 19.1 Å². The molecule has 0 N–H and O–H groups in total. The molecule has 0 spiro atoms. The number of hydrogen-bond acceptors (Lipinski definition) is 3. The van der Waals surface area contributed by atoms with Crippen molar-refractivity contribution < 1.29 is 9.53 Å². The van der Waals surface area contributed by atoms with Gasteiger partial charge in [-0.3, -0.25) is 4.79 Å². The molecule has 1 fully saturated rings. The van der Waals surface area contributed by atoms with Crippen molar-refractivity contribution in [3.05, 3.63) is 23.8 Å².